The maximum atomic E-state index is 13.2. The summed E-state index contributed by atoms with van der Waals surface area (Å²) < 4.78 is 28.4. The fraction of sp³-hybridized carbons (Fsp3) is 0.0952. The molecule has 0 aliphatic rings. The van der Waals surface area contributed by atoms with Crippen molar-refractivity contribution in [3.05, 3.63) is 92.9 Å². The third kappa shape index (κ3) is 5.83. The number of carbonyl (C=O) groups is 1. The van der Waals surface area contributed by atoms with Crippen molar-refractivity contribution >= 4 is 60.7 Å². The molecule has 30 heavy (non-hydrogen) atoms. The number of carbonyl (C=O) groups excluding carboxylic acids is 1. The molecule has 0 saturated heterocycles. The Morgan fingerprint density at radius 3 is 2.23 bits per heavy atom. The van der Waals surface area contributed by atoms with Crippen LogP contribution in [0, 0.1) is 0 Å². The van der Waals surface area contributed by atoms with E-state index >= 15 is 0 Å². The van der Waals surface area contributed by atoms with Crippen LogP contribution >= 0.6 is 39.1 Å². The molecule has 0 fully saturated rings. The van der Waals surface area contributed by atoms with Gasteiger partial charge in [-0.25, -0.2) is 8.42 Å². The summed E-state index contributed by atoms with van der Waals surface area (Å²) in [6.07, 6.45) is 0. The van der Waals surface area contributed by atoms with Gasteiger partial charge in [-0.2, -0.15) is 4.31 Å². The van der Waals surface area contributed by atoms with E-state index in [1.165, 1.54) is 12.1 Å². The summed E-state index contributed by atoms with van der Waals surface area (Å²) in [5, 5.41) is 3.39. The number of anilines is 1. The van der Waals surface area contributed by atoms with Gasteiger partial charge in [0.1, 0.15) is 0 Å². The first-order chi connectivity index (χ1) is 14.3. The number of hydrogen-bond acceptors (Lipinski definition) is 3. The van der Waals surface area contributed by atoms with E-state index < -0.39 is 15.9 Å². The first-order valence-corrected chi connectivity index (χ1v) is 11.8. The van der Waals surface area contributed by atoms with Gasteiger partial charge >= 0.3 is 0 Å². The second-order valence-electron chi connectivity index (χ2n) is 6.39. The van der Waals surface area contributed by atoms with Crippen molar-refractivity contribution in [1.29, 1.82) is 0 Å². The van der Waals surface area contributed by atoms with Crippen LogP contribution in [0.2, 0.25) is 10.0 Å². The largest absolute Gasteiger partial charge is 0.325 e. The Kier molecular flexibility index (Phi) is 7.55. The molecule has 0 saturated carbocycles. The van der Waals surface area contributed by atoms with Crippen molar-refractivity contribution in [2.45, 2.75) is 11.4 Å². The van der Waals surface area contributed by atoms with Crippen LogP contribution in [0.3, 0.4) is 0 Å². The molecule has 0 bridgehead atoms. The van der Waals surface area contributed by atoms with Crippen LogP contribution in [0.4, 0.5) is 5.69 Å². The molecule has 5 nitrogen and oxygen atoms in total. The van der Waals surface area contributed by atoms with Crippen LogP contribution in [0.5, 0.6) is 0 Å². The van der Waals surface area contributed by atoms with Gasteiger partial charge in [-0.05, 0) is 54.1 Å². The van der Waals surface area contributed by atoms with Gasteiger partial charge in [0, 0.05) is 16.7 Å². The maximum Gasteiger partial charge on any atom is 0.243 e. The zero-order valence-electron chi connectivity index (χ0n) is 15.6. The predicted molar refractivity (Wildman–Crippen MR) is 123 cm³/mol. The Hall–Kier alpha value is -1.90. The van der Waals surface area contributed by atoms with Crippen LogP contribution in [0.15, 0.2) is 82.2 Å². The Morgan fingerprint density at radius 2 is 1.60 bits per heavy atom. The summed E-state index contributed by atoms with van der Waals surface area (Å²) in [5.41, 5.74) is 1.18. The lowest BCUT2D eigenvalue weighted by atomic mass is 10.2. The lowest BCUT2D eigenvalue weighted by molar-refractivity contribution is -0.116. The molecule has 0 aliphatic carbocycles. The summed E-state index contributed by atoms with van der Waals surface area (Å²) in [6, 6.07) is 19.8. The average Bonchev–Trinajstić information content (AvgIpc) is 2.72. The van der Waals surface area contributed by atoms with E-state index in [9.17, 15) is 13.2 Å². The molecule has 0 aromatic heterocycles. The Bertz CT molecular complexity index is 1140. The Labute approximate surface area is 193 Å². The van der Waals surface area contributed by atoms with Gasteiger partial charge in [0.25, 0.3) is 0 Å². The molecule has 0 spiro atoms. The van der Waals surface area contributed by atoms with Gasteiger partial charge in [-0.1, -0.05) is 63.4 Å². The molecule has 1 amide bonds. The van der Waals surface area contributed by atoms with Crippen LogP contribution in [0.1, 0.15) is 5.56 Å². The smallest absolute Gasteiger partial charge is 0.243 e. The second-order valence-corrected chi connectivity index (χ2v) is 10.1. The van der Waals surface area contributed by atoms with Crippen molar-refractivity contribution < 1.29 is 13.2 Å². The molecule has 0 radical (unpaired) electrons. The summed E-state index contributed by atoms with van der Waals surface area (Å²) in [5.74, 6) is -0.461. The fourth-order valence-electron chi connectivity index (χ4n) is 2.70. The topological polar surface area (TPSA) is 66.5 Å². The standard InChI is InChI=1S/C21H17BrCl2N2O3S/c22-16-7-9-17(10-8-16)25-21(27)14-26(13-15-6-11-19(23)20(24)12-15)30(28,29)18-4-2-1-3-5-18/h1-12H,13-14H2,(H,25,27). The van der Waals surface area contributed by atoms with Crippen molar-refractivity contribution in [3.63, 3.8) is 0 Å². The fourth-order valence-corrected chi connectivity index (χ4v) is 4.69. The zero-order valence-corrected chi connectivity index (χ0v) is 19.5. The van der Waals surface area contributed by atoms with E-state index in [1.807, 2.05) is 0 Å². The molecule has 156 valence electrons. The molecule has 0 heterocycles. The zero-order chi connectivity index (χ0) is 21.7. The number of nitrogens with zero attached hydrogens (tertiary/aromatic N) is 1. The number of halogens is 3. The van der Waals surface area contributed by atoms with E-state index in [0.29, 0.717) is 21.3 Å². The van der Waals surface area contributed by atoms with Gasteiger partial charge in [0.05, 0.1) is 21.5 Å². The summed E-state index contributed by atoms with van der Waals surface area (Å²) in [6.45, 7) is -0.407. The number of amides is 1. The summed E-state index contributed by atoms with van der Waals surface area (Å²) in [4.78, 5) is 12.7. The maximum absolute atomic E-state index is 13.2. The number of nitrogens with one attached hydrogen (secondary N) is 1. The van der Waals surface area contributed by atoms with E-state index in [2.05, 4.69) is 21.2 Å². The first-order valence-electron chi connectivity index (χ1n) is 8.80. The van der Waals surface area contributed by atoms with E-state index in [-0.39, 0.29) is 18.0 Å². The van der Waals surface area contributed by atoms with Crippen LogP contribution in [0.25, 0.3) is 0 Å². The minimum absolute atomic E-state index is 0.0398. The molecular formula is C21H17BrCl2N2O3S. The predicted octanol–water partition coefficient (Wildman–Crippen LogP) is 5.59. The third-order valence-corrected chi connectivity index (χ3v) is 7.25. The van der Waals surface area contributed by atoms with E-state index in [4.69, 9.17) is 23.2 Å². The number of sulfonamides is 1. The SMILES string of the molecule is O=C(CN(Cc1ccc(Cl)c(Cl)c1)S(=O)(=O)c1ccccc1)Nc1ccc(Br)cc1. The van der Waals surface area contributed by atoms with Gasteiger partial charge in [-0.15, -0.1) is 0 Å². The molecule has 1 N–H and O–H groups in total. The van der Waals surface area contributed by atoms with Crippen molar-refractivity contribution in [2.75, 3.05) is 11.9 Å². The van der Waals surface area contributed by atoms with E-state index in [0.717, 1.165) is 8.78 Å². The van der Waals surface area contributed by atoms with Gasteiger partial charge in [-0.3, -0.25) is 4.79 Å². The highest BCUT2D eigenvalue weighted by Crippen LogP contribution is 2.25. The average molecular weight is 528 g/mol. The molecule has 3 rings (SSSR count). The lowest BCUT2D eigenvalue weighted by Crippen LogP contribution is -2.37. The molecule has 3 aromatic rings. The minimum atomic E-state index is -3.93. The quantitative estimate of drug-likeness (QED) is 0.435. The van der Waals surface area contributed by atoms with Crippen LogP contribution < -0.4 is 5.32 Å². The van der Waals surface area contributed by atoms with Crippen LogP contribution in [-0.4, -0.2) is 25.2 Å². The van der Waals surface area contributed by atoms with E-state index in [1.54, 1.807) is 60.7 Å². The van der Waals surface area contributed by atoms with Crippen molar-refractivity contribution in [2.24, 2.45) is 0 Å². The molecule has 0 unspecified atom stereocenters. The first kappa shape index (κ1) is 22.8. The second kappa shape index (κ2) is 9.94. The summed E-state index contributed by atoms with van der Waals surface area (Å²) >= 11 is 15.4. The normalized spacial score (nSPS) is 11.5. The van der Waals surface area contributed by atoms with Crippen LogP contribution in [-0.2, 0) is 21.4 Å². The molecule has 3 aromatic carbocycles. The number of rotatable bonds is 7. The summed E-state index contributed by atoms with van der Waals surface area (Å²) in [7, 11) is -3.93. The van der Waals surface area contributed by atoms with Crippen molar-refractivity contribution in [3.8, 4) is 0 Å². The van der Waals surface area contributed by atoms with Gasteiger partial charge in [0.15, 0.2) is 0 Å². The molecule has 0 atom stereocenters. The minimum Gasteiger partial charge on any atom is -0.325 e. The third-order valence-electron chi connectivity index (χ3n) is 4.17. The van der Waals surface area contributed by atoms with Gasteiger partial charge < -0.3 is 5.32 Å². The Balaban J connectivity index is 1.87. The lowest BCUT2D eigenvalue weighted by Gasteiger charge is -2.22. The molecule has 0 aliphatic heterocycles. The highest BCUT2D eigenvalue weighted by Gasteiger charge is 2.27. The Morgan fingerprint density at radius 1 is 0.933 bits per heavy atom. The monoisotopic (exact) mass is 526 g/mol. The highest BCUT2D eigenvalue weighted by molar-refractivity contribution is 9.10. The highest BCUT2D eigenvalue weighted by atomic mass is 79.9. The molecular weight excluding hydrogens is 511 g/mol. The van der Waals surface area contributed by atoms with Gasteiger partial charge in [0.2, 0.25) is 15.9 Å². The number of hydrogen-bond donors (Lipinski definition) is 1. The van der Waals surface area contributed by atoms with Crippen molar-refractivity contribution in [1.82, 2.24) is 4.31 Å². The molecule has 9 heteroatoms. The number of benzene rings is 3.